The number of benzene rings is 7. The van der Waals surface area contributed by atoms with E-state index in [9.17, 15) is 0 Å². The highest BCUT2D eigenvalue weighted by molar-refractivity contribution is 9.10. The van der Waals surface area contributed by atoms with Gasteiger partial charge < -0.3 is 14.2 Å². The number of halogens is 1. The largest absolute Gasteiger partial charge is 0.456 e. The molecule has 0 aliphatic heterocycles. The van der Waals surface area contributed by atoms with Crippen molar-refractivity contribution in [2.45, 2.75) is 0 Å². The highest BCUT2D eigenvalue weighted by Gasteiger charge is 2.20. The summed E-state index contributed by atoms with van der Waals surface area (Å²) in [5, 5.41) is 4.82. The highest BCUT2D eigenvalue weighted by Crippen LogP contribution is 2.45. The van der Waals surface area contributed by atoms with Crippen molar-refractivity contribution in [1.82, 2.24) is 0 Å². The molecule has 3 nitrogen and oxygen atoms in total. The number of nitrogens with zero attached hydrogens (tertiary/aromatic N) is 2. The van der Waals surface area contributed by atoms with E-state index in [1.165, 1.54) is 20.2 Å². The van der Waals surface area contributed by atoms with Crippen LogP contribution in [0.1, 0.15) is 0 Å². The molecule has 2 heterocycles. The first-order valence-electron chi connectivity index (χ1n) is 15.5. The van der Waals surface area contributed by atoms with Gasteiger partial charge in [-0.3, -0.25) is 0 Å². The second-order valence-electron chi connectivity index (χ2n) is 11.6. The molecule has 0 unspecified atom stereocenters. The Morgan fingerprint density at radius 2 is 0.915 bits per heavy atom. The molecule has 9 rings (SSSR count). The number of para-hydroxylation sites is 3. The van der Waals surface area contributed by atoms with Gasteiger partial charge in [-0.2, -0.15) is 0 Å². The number of anilines is 6. The van der Waals surface area contributed by atoms with E-state index in [4.69, 9.17) is 4.42 Å². The summed E-state index contributed by atoms with van der Waals surface area (Å²) >= 11 is 5.73. The summed E-state index contributed by atoms with van der Waals surface area (Å²) in [5.74, 6) is 0. The van der Waals surface area contributed by atoms with E-state index >= 15 is 0 Å². The van der Waals surface area contributed by atoms with Crippen LogP contribution in [0.15, 0.2) is 173 Å². The van der Waals surface area contributed by atoms with Crippen LogP contribution < -0.4 is 9.80 Å². The van der Waals surface area contributed by atoms with Crippen molar-refractivity contribution >= 4 is 104 Å². The van der Waals surface area contributed by atoms with Gasteiger partial charge >= 0.3 is 0 Å². The molecule has 0 fully saturated rings. The van der Waals surface area contributed by atoms with E-state index in [1.54, 1.807) is 0 Å². The van der Waals surface area contributed by atoms with Gasteiger partial charge in [0.15, 0.2) is 0 Å². The number of furan rings is 1. The molecule has 0 aliphatic carbocycles. The van der Waals surface area contributed by atoms with Crippen LogP contribution >= 0.6 is 27.3 Å². The van der Waals surface area contributed by atoms with Gasteiger partial charge in [0.05, 0.1) is 0 Å². The van der Waals surface area contributed by atoms with Crippen LogP contribution in [0.25, 0.3) is 42.1 Å². The third kappa shape index (κ3) is 4.96. The van der Waals surface area contributed by atoms with Crippen LogP contribution in [0, 0.1) is 0 Å². The van der Waals surface area contributed by atoms with E-state index in [0.29, 0.717) is 0 Å². The summed E-state index contributed by atoms with van der Waals surface area (Å²) in [5.41, 5.74) is 8.11. The third-order valence-corrected chi connectivity index (χ3v) is 10.2. The molecule has 0 bridgehead atoms. The standard InChI is InChI=1S/C42H27BrN2OS/c43-28-23-33(44(29-11-3-1-4-12-29)31-19-21-36-35-15-7-9-17-39(35)46-40(36)26-31)25-34(24-28)45(30-13-5-2-6-14-30)32-20-22-38-37-16-8-10-18-41(37)47-42(38)27-32/h1-27H. The lowest BCUT2D eigenvalue weighted by atomic mass is 10.1. The first-order chi connectivity index (χ1) is 23.2. The van der Waals surface area contributed by atoms with Gasteiger partial charge in [-0.25, -0.2) is 0 Å². The average Bonchev–Trinajstić information content (AvgIpc) is 3.67. The predicted octanol–water partition coefficient (Wildman–Crippen LogP) is 13.7. The molecule has 0 amide bonds. The molecule has 5 heteroatoms. The van der Waals surface area contributed by atoms with Crippen molar-refractivity contribution < 1.29 is 4.42 Å². The zero-order chi connectivity index (χ0) is 31.3. The minimum Gasteiger partial charge on any atom is -0.456 e. The molecule has 0 saturated heterocycles. The number of rotatable bonds is 6. The summed E-state index contributed by atoms with van der Waals surface area (Å²) in [7, 11) is 0. The van der Waals surface area contributed by atoms with Gasteiger partial charge in [-0.15, -0.1) is 11.3 Å². The Hall–Kier alpha value is -5.36. The molecule has 0 radical (unpaired) electrons. The fourth-order valence-electron chi connectivity index (χ4n) is 6.57. The van der Waals surface area contributed by atoms with Crippen LogP contribution in [-0.2, 0) is 0 Å². The Morgan fingerprint density at radius 3 is 1.62 bits per heavy atom. The topological polar surface area (TPSA) is 19.6 Å². The first kappa shape index (κ1) is 27.9. The van der Waals surface area contributed by atoms with Gasteiger partial charge in [0.25, 0.3) is 0 Å². The number of hydrogen-bond acceptors (Lipinski definition) is 4. The summed E-state index contributed by atoms with van der Waals surface area (Å²) in [6, 6.07) is 57.9. The first-order valence-corrected chi connectivity index (χ1v) is 17.1. The summed E-state index contributed by atoms with van der Waals surface area (Å²) in [6.45, 7) is 0. The second-order valence-corrected chi connectivity index (χ2v) is 13.6. The Balaban J connectivity index is 1.23. The Bertz CT molecular complexity index is 2380. The Kier molecular flexibility index (Phi) is 6.81. The molecule has 0 N–H and O–H groups in total. The molecule has 0 aliphatic rings. The predicted molar refractivity (Wildman–Crippen MR) is 204 cm³/mol. The smallest absolute Gasteiger partial charge is 0.137 e. The zero-order valence-corrected chi connectivity index (χ0v) is 27.6. The van der Waals surface area contributed by atoms with Crippen LogP contribution in [0.2, 0.25) is 0 Å². The van der Waals surface area contributed by atoms with Gasteiger partial charge in [-0.1, -0.05) is 94.8 Å². The van der Waals surface area contributed by atoms with E-state index in [-0.39, 0.29) is 0 Å². The summed E-state index contributed by atoms with van der Waals surface area (Å²) in [6.07, 6.45) is 0. The lowest BCUT2D eigenvalue weighted by Gasteiger charge is -2.29. The quantitative estimate of drug-likeness (QED) is 0.173. The maximum atomic E-state index is 6.33. The molecule has 9 aromatic rings. The third-order valence-electron chi connectivity index (χ3n) is 8.65. The highest BCUT2D eigenvalue weighted by atomic mass is 79.9. The van der Waals surface area contributed by atoms with Crippen molar-refractivity contribution in [3.8, 4) is 0 Å². The molecule has 47 heavy (non-hydrogen) atoms. The van der Waals surface area contributed by atoms with Crippen molar-refractivity contribution in [2.75, 3.05) is 9.80 Å². The fraction of sp³-hybridized carbons (Fsp3) is 0. The van der Waals surface area contributed by atoms with E-state index in [1.807, 2.05) is 23.5 Å². The number of thiophene rings is 1. The molecular weight excluding hydrogens is 660 g/mol. The molecule has 0 spiro atoms. The van der Waals surface area contributed by atoms with Gasteiger partial charge in [0.2, 0.25) is 0 Å². The molecule has 7 aromatic carbocycles. The number of fused-ring (bicyclic) bond motifs is 6. The molecular formula is C42H27BrN2OS. The SMILES string of the molecule is Brc1cc(N(c2ccccc2)c2ccc3c(c2)oc2ccccc23)cc(N(c2ccccc2)c2ccc3c(c2)sc2ccccc23)c1. The van der Waals surface area contributed by atoms with Crippen molar-refractivity contribution in [1.29, 1.82) is 0 Å². The van der Waals surface area contributed by atoms with Gasteiger partial charge in [-0.05, 0) is 78.9 Å². The summed E-state index contributed by atoms with van der Waals surface area (Å²) < 4.78 is 9.89. The van der Waals surface area contributed by atoms with E-state index in [2.05, 4.69) is 177 Å². The Morgan fingerprint density at radius 1 is 0.383 bits per heavy atom. The lowest BCUT2D eigenvalue weighted by Crippen LogP contribution is -2.13. The van der Waals surface area contributed by atoms with Crippen molar-refractivity contribution in [3.05, 3.63) is 168 Å². The maximum absolute atomic E-state index is 6.33. The normalized spacial score (nSPS) is 11.5. The average molecular weight is 688 g/mol. The van der Waals surface area contributed by atoms with Crippen LogP contribution in [0.4, 0.5) is 34.1 Å². The maximum Gasteiger partial charge on any atom is 0.137 e. The minimum absolute atomic E-state index is 0.863. The van der Waals surface area contributed by atoms with Crippen LogP contribution in [0.3, 0.4) is 0 Å². The second kappa shape index (κ2) is 11.5. The molecule has 0 atom stereocenters. The van der Waals surface area contributed by atoms with Gasteiger partial charge in [0.1, 0.15) is 11.2 Å². The van der Waals surface area contributed by atoms with Gasteiger partial charge in [0, 0.05) is 75.6 Å². The van der Waals surface area contributed by atoms with Crippen LogP contribution in [0.5, 0.6) is 0 Å². The van der Waals surface area contributed by atoms with Crippen molar-refractivity contribution in [2.24, 2.45) is 0 Å². The molecule has 0 saturated carbocycles. The van der Waals surface area contributed by atoms with E-state index < -0.39 is 0 Å². The monoisotopic (exact) mass is 686 g/mol. The minimum atomic E-state index is 0.863. The van der Waals surface area contributed by atoms with Crippen LogP contribution in [-0.4, -0.2) is 0 Å². The zero-order valence-electron chi connectivity index (χ0n) is 25.2. The lowest BCUT2D eigenvalue weighted by molar-refractivity contribution is 0.669. The fourth-order valence-corrected chi connectivity index (χ4v) is 8.18. The Labute approximate surface area is 284 Å². The summed E-state index contributed by atoms with van der Waals surface area (Å²) in [4.78, 5) is 4.63. The van der Waals surface area contributed by atoms with E-state index in [0.717, 1.165) is 60.5 Å². The number of hydrogen-bond donors (Lipinski definition) is 0. The molecule has 2 aromatic heterocycles. The van der Waals surface area contributed by atoms with Crippen molar-refractivity contribution in [3.63, 3.8) is 0 Å². The molecule has 224 valence electrons.